The molecule has 0 saturated carbocycles. The molecule has 0 fully saturated rings. The lowest BCUT2D eigenvalue weighted by molar-refractivity contribution is -0.119. The Morgan fingerprint density at radius 2 is 2.09 bits per heavy atom. The number of aromatic nitrogens is 3. The van der Waals surface area contributed by atoms with Gasteiger partial charge in [0.1, 0.15) is 6.04 Å². The molecule has 0 saturated heterocycles. The maximum Gasteiger partial charge on any atom is 0.261 e. The fourth-order valence-electron chi connectivity index (χ4n) is 2.48. The summed E-state index contributed by atoms with van der Waals surface area (Å²) in [6.07, 6.45) is 5.10. The molecule has 1 atom stereocenters. The maximum absolute atomic E-state index is 12.6. The van der Waals surface area contributed by atoms with E-state index in [0.29, 0.717) is 23.0 Å². The van der Waals surface area contributed by atoms with Crippen molar-refractivity contribution in [1.82, 2.24) is 14.5 Å². The van der Waals surface area contributed by atoms with Gasteiger partial charge >= 0.3 is 0 Å². The molecule has 0 radical (unpaired) electrons. The molecule has 3 rings (SSSR count). The molecular formula is C17H16N4O2. The lowest BCUT2D eigenvalue weighted by Crippen LogP contribution is -2.33. The average Bonchev–Trinajstić information content (AvgIpc) is 2.58. The van der Waals surface area contributed by atoms with E-state index < -0.39 is 6.04 Å². The number of pyridine rings is 1. The van der Waals surface area contributed by atoms with Crippen molar-refractivity contribution in [3.05, 3.63) is 65.5 Å². The van der Waals surface area contributed by atoms with E-state index in [2.05, 4.69) is 15.3 Å². The molecule has 1 aromatic carbocycles. The number of carbonyl (C=O) groups excluding carboxylic acids is 1. The Balaban J connectivity index is 1.96. The number of benzene rings is 1. The van der Waals surface area contributed by atoms with Crippen LogP contribution in [0.5, 0.6) is 0 Å². The van der Waals surface area contributed by atoms with E-state index in [-0.39, 0.29) is 11.5 Å². The highest BCUT2D eigenvalue weighted by atomic mass is 16.2. The summed E-state index contributed by atoms with van der Waals surface area (Å²) in [5.41, 5.74) is 0.998. The first-order chi connectivity index (χ1) is 11.2. The van der Waals surface area contributed by atoms with Gasteiger partial charge in [-0.1, -0.05) is 19.1 Å². The molecule has 0 aliphatic heterocycles. The third kappa shape index (κ3) is 2.96. The van der Waals surface area contributed by atoms with Crippen molar-refractivity contribution < 1.29 is 4.79 Å². The van der Waals surface area contributed by atoms with Gasteiger partial charge in [-0.2, -0.15) is 0 Å². The highest BCUT2D eigenvalue weighted by Crippen LogP contribution is 2.14. The molecule has 2 heterocycles. The van der Waals surface area contributed by atoms with Gasteiger partial charge in [-0.15, -0.1) is 0 Å². The molecule has 0 aliphatic rings. The monoisotopic (exact) mass is 308 g/mol. The van der Waals surface area contributed by atoms with Crippen LogP contribution in [0.3, 0.4) is 0 Å². The van der Waals surface area contributed by atoms with Crippen LogP contribution in [0.2, 0.25) is 0 Å². The lowest BCUT2D eigenvalue weighted by atomic mass is 10.2. The summed E-state index contributed by atoms with van der Waals surface area (Å²) in [7, 11) is 0. The molecule has 116 valence electrons. The van der Waals surface area contributed by atoms with Crippen molar-refractivity contribution >= 4 is 22.5 Å². The van der Waals surface area contributed by atoms with E-state index in [1.54, 1.807) is 42.7 Å². The molecule has 6 heteroatoms. The van der Waals surface area contributed by atoms with Crippen molar-refractivity contribution in [2.75, 3.05) is 5.32 Å². The van der Waals surface area contributed by atoms with Crippen molar-refractivity contribution in [1.29, 1.82) is 0 Å². The fraction of sp³-hybridized carbons (Fsp3) is 0.176. The summed E-state index contributed by atoms with van der Waals surface area (Å²) in [4.78, 5) is 33.4. The summed E-state index contributed by atoms with van der Waals surface area (Å²) in [5.74, 6) is -0.264. The third-order valence-electron chi connectivity index (χ3n) is 3.64. The number of nitrogens with zero attached hydrogens (tertiary/aromatic N) is 3. The first-order valence-corrected chi connectivity index (χ1v) is 7.37. The van der Waals surface area contributed by atoms with E-state index in [9.17, 15) is 9.59 Å². The van der Waals surface area contributed by atoms with Crippen LogP contribution in [-0.2, 0) is 4.79 Å². The predicted molar refractivity (Wildman–Crippen MR) is 88.2 cm³/mol. The van der Waals surface area contributed by atoms with Crippen LogP contribution in [0.25, 0.3) is 10.9 Å². The lowest BCUT2D eigenvalue weighted by Gasteiger charge is -2.17. The Kier molecular flexibility index (Phi) is 4.14. The van der Waals surface area contributed by atoms with Crippen LogP contribution >= 0.6 is 0 Å². The van der Waals surface area contributed by atoms with Gasteiger partial charge in [0.15, 0.2) is 0 Å². The number of nitrogens with one attached hydrogen (secondary N) is 1. The molecule has 23 heavy (non-hydrogen) atoms. The largest absolute Gasteiger partial charge is 0.323 e. The zero-order valence-electron chi connectivity index (χ0n) is 12.6. The number of rotatable bonds is 4. The van der Waals surface area contributed by atoms with Crippen molar-refractivity contribution in [3.63, 3.8) is 0 Å². The first kappa shape index (κ1) is 14.9. The van der Waals surface area contributed by atoms with Gasteiger partial charge in [0.25, 0.3) is 5.56 Å². The zero-order valence-corrected chi connectivity index (χ0v) is 12.6. The molecule has 0 bridgehead atoms. The van der Waals surface area contributed by atoms with Crippen LogP contribution < -0.4 is 10.9 Å². The molecular weight excluding hydrogens is 292 g/mol. The number of fused-ring (bicyclic) bond motifs is 1. The molecule has 2 aromatic heterocycles. The number of para-hydroxylation sites is 1. The van der Waals surface area contributed by atoms with Crippen LogP contribution in [0.4, 0.5) is 5.69 Å². The van der Waals surface area contributed by atoms with E-state index in [1.807, 2.05) is 13.0 Å². The van der Waals surface area contributed by atoms with Crippen molar-refractivity contribution in [2.24, 2.45) is 0 Å². The summed E-state index contributed by atoms with van der Waals surface area (Å²) < 4.78 is 1.38. The summed E-state index contributed by atoms with van der Waals surface area (Å²) in [6.45, 7) is 1.86. The van der Waals surface area contributed by atoms with E-state index >= 15 is 0 Å². The fourth-order valence-corrected chi connectivity index (χ4v) is 2.48. The SMILES string of the molecule is CCC(C(=O)Nc1cccnc1)n1cnc2ccccc2c1=O. The molecule has 0 aliphatic carbocycles. The van der Waals surface area contributed by atoms with Crippen LogP contribution in [0.1, 0.15) is 19.4 Å². The zero-order chi connectivity index (χ0) is 16.2. The normalized spacial score (nSPS) is 12.0. The van der Waals surface area contributed by atoms with Gasteiger partial charge < -0.3 is 5.32 Å². The standard InChI is InChI=1S/C17H16N4O2/c1-2-15(16(22)20-12-6-5-9-18-10-12)21-11-19-14-8-4-3-7-13(14)17(21)23/h3-11,15H,2H2,1H3,(H,20,22). The second-order valence-electron chi connectivity index (χ2n) is 5.13. The summed E-state index contributed by atoms with van der Waals surface area (Å²) in [5, 5.41) is 3.28. The Morgan fingerprint density at radius 1 is 1.26 bits per heavy atom. The molecule has 1 amide bonds. The van der Waals surface area contributed by atoms with Gasteiger partial charge in [0, 0.05) is 6.20 Å². The van der Waals surface area contributed by atoms with Crippen molar-refractivity contribution in [3.8, 4) is 0 Å². The number of carbonyl (C=O) groups is 1. The minimum atomic E-state index is -0.625. The Labute approximate surface area is 132 Å². The van der Waals surface area contributed by atoms with Crippen molar-refractivity contribution in [2.45, 2.75) is 19.4 Å². The smallest absolute Gasteiger partial charge is 0.261 e. The third-order valence-corrected chi connectivity index (χ3v) is 3.64. The minimum absolute atomic E-state index is 0.219. The molecule has 1 unspecified atom stereocenters. The highest BCUT2D eigenvalue weighted by molar-refractivity contribution is 5.93. The molecule has 6 nitrogen and oxygen atoms in total. The number of hydrogen-bond donors (Lipinski definition) is 1. The van der Waals surface area contributed by atoms with Gasteiger partial charge in [-0.05, 0) is 30.7 Å². The quantitative estimate of drug-likeness (QED) is 0.803. The second kappa shape index (κ2) is 6.39. The van der Waals surface area contributed by atoms with E-state index in [1.165, 1.54) is 10.9 Å². The van der Waals surface area contributed by atoms with E-state index in [0.717, 1.165) is 0 Å². The van der Waals surface area contributed by atoms with Crippen LogP contribution in [0, 0.1) is 0 Å². The topological polar surface area (TPSA) is 76.9 Å². The predicted octanol–water partition coefficient (Wildman–Crippen LogP) is 2.38. The van der Waals surface area contributed by atoms with Crippen LogP contribution in [-0.4, -0.2) is 20.4 Å². The van der Waals surface area contributed by atoms with Gasteiger partial charge in [0.2, 0.25) is 5.91 Å². The Hall–Kier alpha value is -3.02. The van der Waals surface area contributed by atoms with Gasteiger partial charge in [0.05, 0.1) is 29.1 Å². The van der Waals surface area contributed by atoms with Gasteiger partial charge in [-0.3, -0.25) is 19.1 Å². The maximum atomic E-state index is 12.6. The van der Waals surface area contributed by atoms with E-state index in [4.69, 9.17) is 0 Å². The summed E-state index contributed by atoms with van der Waals surface area (Å²) >= 11 is 0. The number of hydrogen-bond acceptors (Lipinski definition) is 4. The first-order valence-electron chi connectivity index (χ1n) is 7.37. The molecule has 3 aromatic rings. The number of anilines is 1. The summed E-state index contributed by atoms with van der Waals surface area (Å²) in [6, 6.07) is 9.96. The molecule has 0 spiro atoms. The van der Waals surface area contributed by atoms with Crippen LogP contribution in [0.15, 0.2) is 59.9 Å². The Morgan fingerprint density at radius 3 is 2.83 bits per heavy atom. The van der Waals surface area contributed by atoms with Gasteiger partial charge in [-0.25, -0.2) is 4.98 Å². The Bertz CT molecular complexity index is 890. The highest BCUT2D eigenvalue weighted by Gasteiger charge is 2.20. The average molecular weight is 308 g/mol. The molecule has 1 N–H and O–H groups in total. The minimum Gasteiger partial charge on any atom is -0.323 e. The second-order valence-corrected chi connectivity index (χ2v) is 5.13. The number of amides is 1.